The van der Waals surface area contributed by atoms with Crippen LogP contribution in [0.1, 0.15) is 6.92 Å². The van der Waals surface area contributed by atoms with Gasteiger partial charge in [-0.2, -0.15) is 0 Å². The number of methoxy groups -OCH3 is 1. The van der Waals surface area contributed by atoms with Crippen molar-refractivity contribution in [2.24, 2.45) is 5.84 Å². The number of hydrogen-bond donors (Lipinski definition) is 2. The van der Waals surface area contributed by atoms with Crippen LogP contribution in [0.15, 0.2) is 24.3 Å². The van der Waals surface area contributed by atoms with Gasteiger partial charge < -0.3 is 14.2 Å². The van der Waals surface area contributed by atoms with E-state index in [1.54, 1.807) is 18.2 Å². The molecule has 0 aromatic heterocycles. The number of carbonyl (C=O) groups excluding carboxylic acids is 1. The maximum atomic E-state index is 11.4. The number of hydrogen-bond acceptors (Lipinski definition) is 5. The minimum Gasteiger partial charge on any atom is -0.494 e. The summed E-state index contributed by atoms with van der Waals surface area (Å²) in [7, 11) is 1.48. The van der Waals surface area contributed by atoms with Crippen LogP contribution in [0.25, 0.3) is 0 Å². The highest BCUT2D eigenvalue weighted by Gasteiger charge is 2.19. The first kappa shape index (κ1) is 14.3. The van der Waals surface area contributed by atoms with Crippen molar-refractivity contribution in [3.05, 3.63) is 24.3 Å². The van der Waals surface area contributed by atoms with Crippen LogP contribution in [-0.4, -0.2) is 32.3 Å². The van der Waals surface area contributed by atoms with E-state index in [1.807, 2.05) is 18.4 Å². The SMILES string of the molecule is CCOc1cccc(OC(COC)C(=O)NN)c1. The Morgan fingerprint density at radius 2 is 2.17 bits per heavy atom. The summed E-state index contributed by atoms with van der Waals surface area (Å²) in [6.07, 6.45) is -0.795. The number of nitrogens with two attached hydrogens (primary N) is 1. The standard InChI is InChI=1S/C12H18N2O4/c1-3-17-9-5-4-6-10(7-9)18-11(8-16-2)12(15)14-13/h4-7,11H,3,8,13H2,1-2H3,(H,14,15). The Bertz CT molecular complexity index is 384. The molecule has 100 valence electrons. The predicted molar refractivity (Wildman–Crippen MR) is 66.2 cm³/mol. The van der Waals surface area contributed by atoms with Crippen molar-refractivity contribution in [3.63, 3.8) is 0 Å². The first-order chi connectivity index (χ1) is 8.71. The normalized spacial score (nSPS) is 11.7. The van der Waals surface area contributed by atoms with Crippen LogP contribution in [0.4, 0.5) is 0 Å². The lowest BCUT2D eigenvalue weighted by atomic mass is 10.3. The van der Waals surface area contributed by atoms with Crippen LogP contribution in [0.3, 0.4) is 0 Å². The molecule has 3 N–H and O–H groups in total. The Balaban J connectivity index is 2.73. The van der Waals surface area contributed by atoms with Crippen LogP contribution in [-0.2, 0) is 9.53 Å². The van der Waals surface area contributed by atoms with Gasteiger partial charge in [0.1, 0.15) is 11.5 Å². The van der Waals surface area contributed by atoms with E-state index in [1.165, 1.54) is 7.11 Å². The van der Waals surface area contributed by atoms with Gasteiger partial charge in [0.2, 0.25) is 6.10 Å². The van der Waals surface area contributed by atoms with Gasteiger partial charge in [0, 0.05) is 13.2 Å². The van der Waals surface area contributed by atoms with E-state index in [4.69, 9.17) is 20.1 Å². The molecule has 18 heavy (non-hydrogen) atoms. The average Bonchev–Trinajstić information content (AvgIpc) is 2.38. The summed E-state index contributed by atoms with van der Waals surface area (Å²) in [5.74, 6) is 5.83. The zero-order chi connectivity index (χ0) is 13.4. The van der Waals surface area contributed by atoms with E-state index in [-0.39, 0.29) is 6.61 Å². The van der Waals surface area contributed by atoms with Crippen molar-refractivity contribution in [3.8, 4) is 11.5 Å². The van der Waals surface area contributed by atoms with Crippen molar-refractivity contribution >= 4 is 5.91 Å². The minimum atomic E-state index is -0.795. The molecule has 0 radical (unpaired) electrons. The second-order valence-corrected chi connectivity index (χ2v) is 3.48. The molecule has 1 rings (SSSR count). The molecule has 0 saturated heterocycles. The lowest BCUT2D eigenvalue weighted by Gasteiger charge is -2.17. The molecule has 0 saturated carbocycles. The third-order valence-corrected chi connectivity index (χ3v) is 2.15. The van der Waals surface area contributed by atoms with Crippen LogP contribution in [0, 0.1) is 0 Å². The number of ether oxygens (including phenoxy) is 3. The van der Waals surface area contributed by atoms with Gasteiger partial charge in [0.15, 0.2) is 0 Å². The van der Waals surface area contributed by atoms with Crippen LogP contribution >= 0.6 is 0 Å². The fourth-order valence-corrected chi connectivity index (χ4v) is 1.38. The van der Waals surface area contributed by atoms with Gasteiger partial charge in [-0.25, -0.2) is 5.84 Å². The summed E-state index contributed by atoms with van der Waals surface area (Å²) in [6, 6.07) is 7.03. The second kappa shape index (κ2) is 7.52. The summed E-state index contributed by atoms with van der Waals surface area (Å²) in [5.41, 5.74) is 2.03. The van der Waals surface area contributed by atoms with E-state index in [9.17, 15) is 4.79 Å². The molecule has 1 unspecified atom stereocenters. The van der Waals surface area contributed by atoms with Crippen molar-refractivity contribution in [1.29, 1.82) is 0 Å². The lowest BCUT2D eigenvalue weighted by molar-refractivity contribution is -0.130. The molecule has 0 heterocycles. The number of rotatable bonds is 7. The Labute approximate surface area is 106 Å². The second-order valence-electron chi connectivity index (χ2n) is 3.48. The summed E-state index contributed by atoms with van der Waals surface area (Å²) in [4.78, 5) is 11.4. The Morgan fingerprint density at radius 1 is 1.44 bits per heavy atom. The summed E-state index contributed by atoms with van der Waals surface area (Å²) in [6.45, 7) is 2.57. The molecule has 0 aliphatic heterocycles. The maximum Gasteiger partial charge on any atom is 0.277 e. The maximum absolute atomic E-state index is 11.4. The minimum absolute atomic E-state index is 0.113. The Hall–Kier alpha value is -1.79. The monoisotopic (exact) mass is 254 g/mol. The smallest absolute Gasteiger partial charge is 0.277 e. The molecule has 1 aromatic carbocycles. The quantitative estimate of drug-likeness (QED) is 0.420. The van der Waals surface area contributed by atoms with Gasteiger partial charge in [-0.1, -0.05) is 6.07 Å². The largest absolute Gasteiger partial charge is 0.494 e. The van der Waals surface area contributed by atoms with Gasteiger partial charge >= 0.3 is 0 Å². The predicted octanol–water partition coefficient (Wildman–Crippen LogP) is 0.469. The Morgan fingerprint density at radius 3 is 2.78 bits per heavy atom. The van der Waals surface area contributed by atoms with Gasteiger partial charge in [-0.05, 0) is 19.1 Å². The molecular formula is C12H18N2O4. The van der Waals surface area contributed by atoms with Crippen LogP contribution < -0.4 is 20.7 Å². The fraction of sp³-hybridized carbons (Fsp3) is 0.417. The molecule has 0 aliphatic rings. The van der Waals surface area contributed by atoms with E-state index < -0.39 is 12.0 Å². The van der Waals surface area contributed by atoms with E-state index >= 15 is 0 Å². The molecule has 6 heteroatoms. The highest BCUT2D eigenvalue weighted by atomic mass is 16.5. The average molecular weight is 254 g/mol. The van der Waals surface area contributed by atoms with Gasteiger partial charge in [0.05, 0.1) is 13.2 Å². The van der Waals surface area contributed by atoms with E-state index in [0.29, 0.717) is 18.1 Å². The molecule has 1 amide bonds. The van der Waals surface area contributed by atoms with Crippen LogP contribution in [0.2, 0.25) is 0 Å². The van der Waals surface area contributed by atoms with Crippen molar-refractivity contribution < 1.29 is 19.0 Å². The number of amides is 1. The summed E-state index contributed by atoms with van der Waals surface area (Å²) >= 11 is 0. The van der Waals surface area contributed by atoms with Crippen molar-refractivity contribution in [1.82, 2.24) is 5.43 Å². The fourth-order valence-electron chi connectivity index (χ4n) is 1.38. The zero-order valence-corrected chi connectivity index (χ0v) is 10.5. The molecule has 1 aromatic rings. The molecule has 1 atom stereocenters. The summed E-state index contributed by atoms with van der Waals surface area (Å²) in [5, 5.41) is 0. The number of carbonyl (C=O) groups is 1. The molecule has 6 nitrogen and oxygen atoms in total. The number of nitrogens with one attached hydrogen (secondary N) is 1. The zero-order valence-electron chi connectivity index (χ0n) is 10.5. The van der Waals surface area contributed by atoms with Crippen molar-refractivity contribution in [2.45, 2.75) is 13.0 Å². The first-order valence-electron chi connectivity index (χ1n) is 5.60. The highest BCUT2D eigenvalue weighted by Crippen LogP contribution is 2.20. The third-order valence-electron chi connectivity index (χ3n) is 2.15. The highest BCUT2D eigenvalue weighted by molar-refractivity contribution is 5.80. The van der Waals surface area contributed by atoms with Gasteiger partial charge in [-0.3, -0.25) is 10.2 Å². The van der Waals surface area contributed by atoms with Crippen LogP contribution in [0.5, 0.6) is 11.5 Å². The molecule has 0 aliphatic carbocycles. The lowest BCUT2D eigenvalue weighted by Crippen LogP contribution is -2.44. The molecular weight excluding hydrogens is 236 g/mol. The topological polar surface area (TPSA) is 82.8 Å². The van der Waals surface area contributed by atoms with Crippen molar-refractivity contribution in [2.75, 3.05) is 20.3 Å². The molecule has 0 fully saturated rings. The third kappa shape index (κ3) is 4.23. The number of hydrazine groups is 1. The Kier molecular flexibility index (Phi) is 5.96. The molecule has 0 spiro atoms. The first-order valence-corrected chi connectivity index (χ1v) is 5.60. The van der Waals surface area contributed by atoms with Gasteiger partial charge in [0.25, 0.3) is 5.91 Å². The summed E-state index contributed by atoms with van der Waals surface area (Å²) < 4.78 is 15.7. The molecule has 0 bridgehead atoms. The van der Waals surface area contributed by atoms with Gasteiger partial charge in [-0.15, -0.1) is 0 Å². The number of benzene rings is 1. The van der Waals surface area contributed by atoms with E-state index in [0.717, 1.165) is 0 Å². The van der Waals surface area contributed by atoms with E-state index in [2.05, 4.69) is 0 Å².